The van der Waals surface area contributed by atoms with E-state index in [0.29, 0.717) is 24.5 Å². The highest BCUT2D eigenvalue weighted by molar-refractivity contribution is 7.20. The molecule has 1 aromatic carbocycles. The van der Waals surface area contributed by atoms with Gasteiger partial charge in [0, 0.05) is 23.4 Å². The van der Waals surface area contributed by atoms with E-state index in [0.717, 1.165) is 21.2 Å². The van der Waals surface area contributed by atoms with Crippen LogP contribution in [0.25, 0.3) is 21.1 Å². The molecular formula is C20H18FN3OS. The number of aryl methyl sites for hydroxylation is 1. The van der Waals surface area contributed by atoms with Crippen molar-refractivity contribution in [2.75, 3.05) is 0 Å². The molecule has 1 saturated carbocycles. The Hall–Kier alpha value is -2.47. The maximum Gasteiger partial charge on any atom is 0.291 e. The van der Waals surface area contributed by atoms with Gasteiger partial charge < -0.3 is 4.57 Å². The zero-order valence-corrected chi connectivity index (χ0v) is 15.2. The summed E-state index contributed by atoms with van der Waals surface area (Å²) in [7, 11) is 0. The minimum atomic E-state index is -0.251. The van der Waals surface area contributed by atoms with Gasteiger partial charge in [0.25, 0.3) is 5.56 Å². The van der Waals surface area contributed by atoms with Gasteiger partial charge in [-0.15, -0.1) is 11.3 Å². The lowest BCUT2D eigenvalue weighted by molar-refractivity contribution is 0.536. The standard InChI is InChI=1S/C20H18FN3OS/c1-12-8-17-19(26-12)16-9-22-24(11-14-2-3-14)20(25)18(16)23(17)10-13-4-6-15(21)7-5-13/h4-9,14H,2-3,10-11H2,1H3. The zero-order chi connectivity index (χ0) is 17.8. The third kappa shape index (κ3) is 2.56. The summed E-state index contributed by atoms with van der Waals surface area (Å²) in [5.74, 6) is 0.333. The Kier molecular flexibility index (Phi) is 3.50. The topological polar surface area (TPSA) is 39.8 Å². The molecule has 5 rings (SSSR count). The van der Waals surface area contributed by atoms with Crippen LogP contribution in [0.3, 0.4) is 0 Å². The van der Waals surface area contributed by atoms with E-state index < -0.39 is 0 Å². The minimum Gasteiger partial charge on any atom is -0.331 e. The summed E-state index contributed by atoms with van der Waals surface area (Å²) in [6.07, 6.45) is 4.19. The molecule has 1 fully saturated rings. The Morgan fingerprint density at radius 2 is 2.04 bits per heavy atom. The normalized spacial score (nSPS) is 14.5. The fourth-order valence-electron chi connectivity index (χ4n) is 3.53. The van der Waals surface area contributed by atoms with Gasteiger partial charge in [-0.05, 0) is 49.4 Å². The molecule has 1 aliphatic rings. The Bertz CT molecular complexity index is 1180. The molecule has 3 aromatic heterocycles. The van der Waals surface area contributed by atoms with E-state index >= 15 is 0 Å². The van der Waals surface area contributed by atoms with Crippen molar-refractivity contribution in [3.05, 3.63) is 63.1 Å². The van der Waals surface area contributed by atoms with E-state index in [4.69, 9.17) is 0 Å². The monoisotopic (exact) mass is 367 g/mol. The predicted molar refractivity (Wildman–Crippen MR) is 102 cm³/mol. The highest BCUT2D eigenvalue weighted by atomic mass is 32.1. The molecule has 4 nitrogen and oxygen atoms in total. The van der Waals surface area contributed by atoms with Crippen LogP contribution >= 0.6 is 11.3 Å². The molecular weight excluding hydrogens is 349 g/mol. The molecule has 0 N–H and O–H groups in total. The lowest BCUT2D eigenvalue weighted by atomic mass is 10.2. The van der Waals surface area contributed by atoms with Crippen molar-refractivity contribution in [3.63, 3.8) is 0 Å². The fraction of sp³-hybridized carbons (Fsp3) is 0.300. The van der Waals surface area contributed by atoms with E-state index in [1.807, 2.05) is 6.20 Å². The first-order valence-electron chi connectivity index (χ1n) is 8.83. The van der Waals surface area contributed by atoms with E-state index in [9.17, 15) is 9.18 Å². The van der Waals surface area contributed by atoms with Gasteiger partial charge in [0.1, 0.15) is 11.3 Å². The maximum absolute atomic E-state index is 13.3. The number of aromatic nitrogens is 3. The second kappa shape index (κ2) is 5.77. The first kappa shape index (κ1) is 15.8. The third-order valence-corrected chi connectivity index (χ3v) is 6.11. The minimum absolute atomic E-state index is 0.0300. The molecule has 0 radical (unpaired) electrons. The average Bonchev–Trinajstić information content (AvgIpc) is 3.29. The van der Waals surface area contributed by atoms with Crippen LogP contribution in [0.1, 0.15) is 23.3 Å². The predicted octanol–water partition coefficient (Wildman–Crippen LogP) is 4.32. The lowest BCUT2D eigenvalue weighted by Crippen LogP contribution is -2.25. The van der Waals surface area contributed by atoms with Crippen LogP contribution in [0.5, 0.6) is 0 Å². The van der Waals surface area contributed by atoms with Crippen LogP contribution in [-0.4, -0.2) is 14.3 Å². The number of thiophene rings is 1. The SMILES string of the molecule is Cc1cc2c(s1)c1cnn(CC3CC3)c(=O)c1n2Cc1ccc(F)cc1. The highest BCUT2D eigenvalue weighted by Gasteiger charge is 2.24. The van der Waals surface area contributed by atoms with Gasteiger partial charge in [0.05, 0.1) is 16.4 Å². The van der Waals surface area contributed by atoms with Crippen LogP contribution in [-0.2, 0) is 13.1 Å². The first-order chi connectivity index (χ1) is 12.6. The number of hydrogen-bond acceptors (Lipinski definition) is 3. The van der Waals surface area contributed by atoms with Gasteiger partial charge in [-0.25, -0.2) is 9.07 Å². The zero-order valence-electron chi connectivity index (χ0n) is 14.4. The molecule has 0 atom stereocenters. The molecule has 26 heavy (non-hydrogen) atoms. The Balaban J connectivity index is 1.73. The highest BCUT2D eigenvalue weighted by Crippen LogP contribution is 2.34. The quantitative estimate of drug-likeness (QED) is 0.539. The van der Waals surface area contributed by atoms with Crippen LogP contribution in [0.2, 0.25) is 0 Å². The largest absolute Gasteiger partial charge is 0.331 e. The number of rotatable bonds is 4. The fourth-order valence-corrected chi connectivity index (χ4v) is 4.56. The van der Waals surface area contributed by atoms with Crippen molar-refractivity contribution >= 4 is 32.5 Å². The summed E-state index contributed by atoms with van der Waals surface area (Å²) >= 11 is 1.69. The molecule has 1 aliphatic carbocycles. The summed E-state index contributed by atoms with van der Waals surface area (Å²) in [6, 6.07) is 8.59. The number of nitrogens with zero attached hydrogens (tertiary/aromatic N) is 3. The van der Waals surface area contributed by atoms with Gasteiger partial charge in [0.2, 0.25) is 0 Å². The molecule has 132 valence electrons. The summed E-state index contributed by atoms with van der Waals surface area (Å²) in [5.41, 5.74) is 2.69. The van der Waals surface area contributed by atoms with Crippen LogP contribution < -0.4 is 5.56 Å². The van der Waals surface area contributed by atoms with Gasteiger partial charge in [-0.2, -0.15) is 5.10 Å². The average molecular weight is 367 g/mol. The van der Waals surface area contributed by atoms with Crippen LogP contribution in [0.4, 0.5) is 4.39 Å². The van der Waals surface area contributed by atoms with Crippen molar-refractivity contribution in [1.82, 2.24) is 14.3 Å². The van der Waals surface area contributed by atoms with Gasteiger partial charge in [-0.1, -0.05) is 12.1 Å². The smallest absolute Gasteiger partial charge is 0.291 e. The van der Waals surface area contributed by atoms with Crippen molar-refractivity contribution in [1.29, 1.82) is 0 Å². The Labute approximate surface area is 153 Å². The second-order valence-corrected chi connectivity index (χ2v) is 8.38. The van der Waals surface area contributed by atoms with E-state index in [1.165, 1.54) is 29.9 Å². The maximum atomic E-state index is 13.3. The van der Waals surface area contributed by atoms with Crippen LogP contribution in [0.15, 0.2) is 41.3 Å². The Morgan fingerprint density at radius 1 is 1.27 bits per heavy atom. The summed E-state index contributed by atoms with van der Waals surface area (Å²) in [6.45, 7) is 3.31. The van der Waals surface area contributed by atoms with Crippen molar-refractivity contribution in [2.24, 2.45) is 5.92 Å². The molecule has 0 saturated heterocycles. The first-order valence-corrected chi connectivity index (χ1v) is 9.65. The number of halogens is 1. The van der Waals surface area contributed by atoms with Crippen molar-refractivity contribution in [2.45, 2.75) is 32.9 Å². The van der Waals surface area contributed by atoms with E-state index in [2.05, 4.69) is 22.7 Å². The molecule has 0 unspecified atom stereocenters. The molecule has 3 heterocycles. The van der Waals surface area contributed by atoms with Crippen molar-refractivity contribution < 1.29 is 4.39 Å². The Morgan fingerprint density at radius 3 is 2.77 bits per heavy atom. The van der Waals surface area contributed by atoms with E-state index in [1.54, 1.807) is 28.2 Å². The number of benzene rings is 1. The van der Waals surface area contributed by atoms with Crippen molar-refractivity contribution in [3.8, 4) is 0 Å². The lowest BCUT2D eigenvalue weighted by Gasteiger charge is -2.09. The van der Waals surface area contributed by atoms with Gasteiger partial charge >= 0.3 is 0 Å². The number of fused-ring (bicyclic) bond motifs is 3. The van der Waals surface area contributed by atoms with E-state index in [-0.39, 0.29) is 11.4 Å². The summed E-state index contributed by atoms with van der Waals surface area (Å²) in [5, 5.41) is 5.34. The molecule has 4 aromatic rings. The summed E-state index contributed by atoms with van der Waals surface area (Å²) in [4.78, 5) is 14.3. The molecule has 0 spiro atoms. The summed E-state index contributed by atoms with van der Waals surface area (Å²) < 4.78 is 18.0. The number of hydrogen-bond donors (Lipinski definition) is 0. The van der Waals surface area contributed by atoms with Crippen LogP contribution in [0, 0.1) is 18.7 Å². The third-order valence-electron chi connectivity index (χ3n) is 5.04. The van der Waals surface area contributed by atoms with Gasteiger partial charge in [0.15, 0.2) is 0 Å². The molecule has 0 aliphatic heterocycles. The second-order valence-electron chi connectivity index (χ2n) is 7.12. The molecule has 0 bridgehead atoms. The van der Waals surface area contributed by atoms with Gasteiger partial charge in [-0.3, -0.25) is 4.79 Å². The molecule has 0 amide bonds. The molecule has 6 heteroatoms.